The van der Waals surface area contributed by atoms with Gasteiger partial charge in [-0.15, -0.1) is 0 Å². The lowest BCUT2D eigenvalue weighted by atomic mass is 9.32. The molecule has 32 heavy (non-hydrogen) atoms. The van der Waals surface area contributed by atoms with E-state index in [1.165, 1.54) is 51.4 Å². The van der Waals surface area contributed by atoms with Crippen molar-refractivity contribution in [1.82, 2.24) is 0 Å². The number of fused-ring (bicyclic) bond motifs is 7. The van der Waals surface area contributed by atoms with Crippen molar-refractivity contribution in [3.63, 3.8) is 0 Å². The van der Waals surface area contributed by atoms with E-state index in [2.05, 4.69) is 48.5 Å². The number of rotatable bonds is 1. The van der Waals surface area contributed by atoms with Crippen molar-refractivity contribution < 1.29 is 10.2 Å². The second-order valence-electron chi connectivity index (χ2n) is 14.8. The molecule has 0 heterocycles. The minimum atomic E-state index is -0.132. The second kappa shape index (κ2) is 7.46. The van der Waals surface area contributed by atoms with Gasteiger partial charge in [-0.25, -0.2) is 0 Å². The molecule has 0 radical (unpaired) electrons. The first-order chi connectivity index (χ1) is 14.9. The molecule has 5 aliphatic rings. The first-order valence-electron chi connectivity index (χ1n) is 14.2. The van der Waals surface area contributed by atoms with Gasteiger partial charge in [-0.05, 0) is 127 Å². The summed E-state index contributed by atoms with van der Waals surface area (Å²) >= 11 is 0. The minimum Gasteiger partial charge on any atom is -0.396 e. The molecular weight excluding hydrogens is 392 g/mol. The lowest BCUT2D eigenvalue weighted by Crippen LogP contribution is -2.66. The summed E-state index contributed by atoms with van der Waals surface area (Å²) in [6.45, 7) is 18.2. The Hall–Kier alpha value is -0.0800. The first-order valence-corrected chi connectivity index (χ1v) is 14.2. The number of hydrogen-bond acceptors (Lipinski definition) is 2. The molecule has 2 nitrogen and oxygen atoms in total. The normalized spacial score (nSPS) is 59.3. The summed E-state index contributed by atoms with van der Waals surface area (Å²) < 4.78 is 0. The third-order valence-corrected chi connectivity index (χ3v) is 13.9. The largest absolute Gasteiger partial charge is 0.396 e. The van der Waals surface area contributed by atoms with Crippen LogP contribution in [0.1, 0.15) is 106 Å². The number of aliphatic hydroxyl groups excluding tert-OH is 2. The summed E-state index contributed by atoms with van der Waals surface area (Å²) in [4.78, 5) is 0. The lowest BCUT2D eigenvalue weighted by molar-refractivity contribution is -0.250. The molecule has 5 aliphatic carbocycles. The fourth-order valence-corrected chi connectivity index (χ4v) is 11.8. The highest BCUT2D eigenvalue weighted by Crippen LogP contribution is 2.75. The molecule has 5 fully saturated rings. The predicted octanol–water partition coefficient (Wildman–Crippen LogP) is 6.93. The Morgan fingerprint density at radius 1 is 0.781 bits per heavy atom. The van der Waals surface area contributed by atoms with Gasteiger partial charge in [0.1, 0.15) is 0 Å². The van der Waals surface area contributed by atoms with Crippen LogP contribution in [0.2, 0.25) is 0 Å². The molecule has 0 aromatic rings. The quantitative estimate of drug-likeness (QED) is 0.460. The van der Waals surface area contributed by atoms with Gasteiger partial charge in [-0.3, -0.25) is 0 Å². The summed E-state index contributed by atoms with van der Waals surface area (Å²) in [5.74, 6) is 5.91. The van der Waals surface area contributed by atoms with Crippen LogP contribution in [0.5, 0.6) is 0 Å². The van der Waals surface area contributed by atoms with E-state index in [0.29, 0.717) is 34.7 Å². The van der Waals surface area contributed by atoms with Crippen LogP contribution in [0.25, 0.3) is 0 Å². The lowest BCUT2D eigenvalue weighted by Gasteiger charge is -2.73. The van der Waals surface area contributed by atoms with E-state index in [-0.39, 0.29) is 11.5 Å². The van der Waals surface area contributed by atoms with Crippen LogP contribution >= 0.6 is 0 Å². The molecule has 5 rings (SSSR count). The Balaban J connectivity index is 1.52. The molecule has 0 aliphatic heterocycles. The Morgan fingerprint density at radius 3 is 2.16 bits per heavy atom. The van der Waals surface area contributed by atoms with Crippen LogP contribution in [0.4, 0.5) is 0 Å². The van der Waals surface area contributed by atoms with Crippen molar-refractivity contribution in [1.29, 1.82) is 0 Å². The number of aliphatic hydroxyl groups is 2. The van der Waals surface area contributed by atoms with Gasteiger partial charge in [0.25, 0.3) is 0 Å². The van der Waals surface area contributed by atoms with Gasteiger partial charge in [0.2, 0.25) is 0 Å². The summed E-state index contributed by atoms with van der Waals surface area (Å²) in [5.41, 5.74) is 1.27. The van der Waals surface area contributed by atoms with E-state index >= 15 is 0 Å². The number of hydrogen-bond donors (Lipinski definition) is 2. The maximum absolute atomic E-state index is 10.9. The summed E-state index contributed by atoms with van der Waals surface area (Å²) in [6, 6.07) is 0. The van der Waals surface area contributed by atoms with E-state index in [9.17, 15) is 10.2 Å². The zero-order chi connectivity index (χ0) is 23.3. The SMILES string of the molecule is C[C@@H]1[C@@H]2C(CC[C@]3(C)C2CC[C@@H]2[C@@]4(C)CC[C@H](O)C(C)(C)[C@@H]4CC[C@]23C)[C@H](CO)C[C@H]1C. The van der Waals surface area contributed by atoms with Crippen LogP contribution < -0.4 is 0 Å². The third kappa shape index (κ3) is 2.84. The topological polar surface area (TPSA) is 40.5 Å². The summed E-state index contributed by atoms with van der Waals surface area (Å²) in [7, 11) is 0. The Labute approximate surface area is 198 Å². The highest BCUT2D eigenvalue weighted by Gasteiger charge is 2.69. The molecule has 5 saturated carbocycles. The maximum Gasteiger partial charge on any atom is 0.0594 e. The van der Waals surface area contributed by atoms with Crippen LogP contribution in [0, 0.1) is 69.0 Å². The molecule has 184 valence electrons. The van der Waals surface area contributed by atoms with E-state index in [1.807, 2.05) is 0 Å². The molecule has 0 bridgehead atoms. The molecule has 0 aromatic heterocycles. The van der Waals surface area contributed by atoms with Crippen molar-refractivity contribution in [2.45, 2.75) is 112 Å². The van der Waals surface area contributed by atoms with Crippen LogP contribution in [-0.4, -0.2) is 22.9 Å². The molecule has 0 amide bonds. The Bertz CT molecular complexity index is 730. The molecule has 0 aromatic carbocycles. The van der Waals surface area contributed by atoms with Crippen LogP contribution in [0.15, 0.2) is 0 Å². The third-order valence-electron chi connectivity index (χ3n) is 13.9. The van der Waals surface area contributed by atoms with Crippen LogP contribution in [0.3, 0.4) is 0 Å². The van der Waals surface area contributed by atoms with Crippen molar-refractivity contribution in [2.24, 2.45) is 69.0 Å². The Morgan fingerprint density at radius 2 is 1.47 bits per heavy atom. The molecule has 0 saturated heterocycles. The fraction of sp³-hybridized carbons (Fsp3) is 1.00. The summed E-state index contributed by atoms with van der Waals surface area (Å²) in [5, 5.41) is 21.1. The average molecular weight is 445 g/mol. The van der Waals surface area contributed by atoms with E-state index in [0.717, 1.165) is 41.9 Å². The van der Waals surface area contributed by atoms with Gasteiger partial charge in [0.05, 0.1) is 6.10 Å². The zero-order valence-electron chi connectivity index (χ0n) is 22.2. The van der Waals surface area contributed by atoms with Crippen molar-refractivity contribution in [2.75, 3.05) is 6.61 Å². The van der Waals surface area contributed by atoms with Gasteiger partial charge in [-0.2, -0.15) is 0 Å². The molecule has 12 atom stereocenters. The average Bonchev–Trinajstić information content (AvgIpc) is 2.73. The summed E-state index contributed by atoms with van der Waals surface area (Å²) in [6.07, 6.45) is 11.5. The standard InChI is InChI=1S/C30H52O2/c1-18-16-20(17-31)21-10-14-29(6)22(26(21)19(18)2)8-9-24-28(5)13-12-25(32)27(3,4)23(28)11-15-30(24,29)7/h18-26,31-32H,8-17H2,1-7H3/t18-,19+,20+,21?,22?,23+,24-,25+,26-,28+,29-,30-/m1/s1. The van der Waals surface area contributed by atoms with E-state index < -0.39 is 0 Å². The molecule has 0 spiro atoms. The predicted molar refractivity (Wildman–Crippen MR) is 132 cm³/mol. The van der Waals surface area contributed by atoms with Crippen molar-refractivity contribution >= 4 is 0 Å². The first kappa shape index (κ1) is 23.7. The van der Waals surface area contributed by atoms with Gasteiger partial charge >= 0.3 is 0 Å². The highest BCUT2D eigenvalue weighted by molar-refractivity contribution is 5.17. The van der Waals surface area contributed by atoms with Crippen molar-refractivity contribution in [3.8, 4) is 0 Å². The van der Waals surface area contributed by atoms with Gasteiger partial charge in [0, 0.05) is 6.61 Å². The van der Waals surface area contributed by atoms with Crippen LogP contribution in [-0.2, 0) is 0 Å². The molecule has 2 heteroatoms. The van der Waals surface area contributed by atoms with E-state index in [1.54, 1.807) is 0 Å². The Kier molecular flexibility index (Phi) is 5.51. The second-order valence-corrected chi connectivity index (χ2v) is 14.8. The minimum absolute atomic E-state index is 0.0470. The van der Waals surface area contributed by atoms with Gasteiger partial charge < -0.3 is 10.2 Å². The van der Waals surface area contributed by atoms with Gasteiger partial charge in [-0.1, -0.05) is 48.5 Å². The molecule has 2 N–H and O–H groups in total. The fourth-order valence-electron chi connectivity index (χ4n) is 11.8. The zero-order valence-corrected chi connectivity index (χ0v) is 22.2. The van der Waals surface area contributed by atoms with E-state index in [4.69, 9.17) is 0 Å². The van der Waals surface area contributed by atoms with Gasteiger partial charge in [0.15, 0.2) is 0 Å². The molecular formula is C30H52O2. The smallest absolute Gasteiger partial charge is 0.0594 e. The van der Waals surface area contributed by atoms with Crippen molar-refractivity contribution in [3.05, 3.63) is 0 Å². The maximum atomic E-state index is 10.9. The highest BCUT2D eigenvalue weighted by atomic mass is 16.3. The monoisotopic (exact) mass is 444 g/mol. The molecule has 2 unspecified atom stereocenters.